The summed E-state index contributed by atoms with van der Waals surface area (Å²) in [6.07, 6.45) is 2.46. The molecule has 0 radical (unpaired) electrons. The minimum Gasteiger partial charge on any atom is -0.302 e. The zero-order chi connectivity index (χ0) is 7.82. The lowest BCUT2D eigenvalue weighted by atomic mass is 10.1. The molecule has 0 bridgehead atoms. The Morgan fingerprint density at radius 3 is 2.60 bits per heavy atom. The van der Waals surface area contributed by atoms with Crippen molar-refractivity contribution < 1.29 is 4.84 Å². The van der Waals surface area contributed by atoms with E-state index in [-0.39, 0.29) is 0 Å². The summed E-state index contributed by atoms with van der Waals surface area (Å²) in [6.45, 7) is 8.18. The molecule has 0 heterocycles. The Morgan fingerprint density at radius 1 is 1.40 bits per heavy atom. The van der Waals surface area contributed by atoms with Gasteiger partial charge in [0.2, 0.25) is 0 Å². The van der Waals surface area contributed by atoms with Crippen molar-refractivity contribution in [3.05, 3.63) is 0 Å². The van der Waals surface area contributed by atoms with Crippen molar-refractivity contribution in [1.29, 1.82) is 0 Å². The molecule has 0 amide bonds. The van der Waals surface area contributed by atoms with E-state index in [1.165, 1.54) is 12.8 Å². The number of hydroxylamine groups is 1. The van der Waals surface area contributed by atoms with E-state index in [0.29, 0.717) is 0 Å². The highest BCUT2D eigenvalue weighted by atomic mass is 16.6. The van der Waals surface area contributed by atoms with Crippen LogP contribution in [0.4, 0.5) is 0 Å². The Bertz CT molecular complexity index is 66.3. The second kappa shape index (κ2) is 7.03. The molecule has 0 rings (SSSR count). The summed E-state index contributed by atoms with van der Waals surface area (Å²) in [4.78, 5) is 4.98. The molecular weight excluding hydrogens is 126 g/mol. The zero-order valence-electron chi connectivity index (χ0n) is 7.31. The topological polar surface area (TPSA) is 21.3 Å². The number of hydrogen-bond acceptors (Lipinski definition) is 2. The average Bonchev–Trinajstić information content (AvgIpc) is 1.98. The molecule has 0 aromatic carbocycles. The molecule has 0 aromatic heterocycles. The van der Waals surface area contributed by atoms with Crippen molar-refractivity contribution in [1.82, 2.24) is 5.48 Å². The van der Waals surface area contributed by atoms with Crippen molar-refractivity contribution in [2.24, 2.45) is 5.92 Å². The van der Waals surface area contributed by atoms with Gasteiger partial charge in [-0.25, -0.2) is 5.48 Å². The highest BCUT2D eigenvalue weighted by Crippen LogP contribution is 2.03. The maximum atomic E-state index is 4.98. The third-order valence-electron chi connectivity index (χ3n) is 1.68. The molecule has 0 fully saturated rings. The van der Waals surface area contributed by atoms with Gasteiger partial charge in [0.05, 0.1) is 6.61 Å². The monoisotopic (exact) mass is 145 g/mol. The molecule has 62 valence electrons. The summed E-state index contributed by atoms with van der Waals surface area (Å²) in [7, 11) is 0. The lowest BCUT2D eigenvalue weighted by Gasteiger charge is -2.07. The fourth-order valence-corrected chi connectivity index (χ4v) is 0.684. The molecule has 0 saturated heterocycles. The van der Waals surface area contributed by atoms with Crippen LogP contribution in [0.25, 0.3) is 0 Å². The van der Waals surface area contributed by atoms with Crippen molar-refractivity contribution >= 4 is 0 Å². The van der Waals surface area contributed by atoms with Crippen LogP contribution in [0, 0.1) is 5.92 Å². The summed E-state index contributed by atoms with van der Waals surface area (Å²) in [5.41, 5.74) is 2.90. The van der Waals surface area contributed by atoms with Crippen molar-refractivity contribution in [2.45, 2.75) is 33.6 Å². The number of hydrogen-bond donors (Lipinski definition) is 1. The predicted molar refractivity (Wildman–Crippen MR) is 43.7 cm³/mol. The second-order valence-corrected chi connectivity index (χ2v) is 2.63. The molecule has 2 heteroatoms. The first-order chi connectivity index (χ1) is 4.81. The summed E-state index contributed by atoms with van der Waals surface area (Å²) in [5, 5.41) is 0. The minimum absolute atomic E-state index is 0.751. The van der Waals surface area contributed by atoms with Gasteiger partial charge in [0.25, 0.3) is 0 Å². The number of nitrogens with one attached hydrogen (secondary N) is 1. The zero-order valence-corrected chi connectivity index (χ0v) is 7.31. The first-order valence-corrected chi connectivity index (χ1v) is 4.15. The van der Waals surface area contributed by atoms with Crippen LogP contribution in [0.3, 0.4) is 0 Å². The third kappa shape index (κ3) is 6.05. The van der Waals surface area contributed by atoms with Gasteiger partial charge in [-0.05, 0) is 19.3 Å². The van der Waals surface area contributed by atoms with Gasteiger partial charge in [0.15, 0.2) is 0 Å². The van der Waals surface area contributed by atoms with Crippen LogP contribution >= 0.6 is 0 Å². The molecule has 0 saturated carbocycles. The first-order valence-electron chi connectivity index (χ1n) is 4.15. The molecule has 10 heavy (non-hydrogen) atoms. The smallest absolute Gasteiger partial charge is 0.0653 e. The molecular formula is C8H19NO. The van der Waals surface area contributed by atoms with E-state index in [4.69, 9.17) is 4.84 Å². The lowest BCUT2D eigenvalue weighted by Crippen LogP contribution is -2.17. The van der Waals surface area contributed by atoms with Crippen molar-refractivity contribution in [2.75, 3.05) is 13.2 Å². The van der Waals surface area contributed by atoms with Gasteiger partial charge in [-0.15, -0.1) is 0 Å². The third-order valence-corrected chi connectivity index (χ3v) is 1.68. The van der Waals surface area contributed by atoms with Crippen LogP contribution in [0.1, 0.15) is 33.6 Å². The van der Waals surface area contributed by atoms with E-state index >= 15 is 0 Å². The Kier molecular flexibility index (Phi) is 6.98. The van der Waals surface area contributed by atoms with E-state index in [1.54, 1.807) is 0 Å². The van der Waals surface area contributed by atoms with E-state index in [1.807, 2.05) is 6.92 Å². The Morgan fingerprint density at radius 2 is 2.10 bits per heavy atom. The van der Waals surface area contributed by atoms with Crippen molar-refractivity contribution in [3.8, 4) is 0 Å². The fourth-order valence-electron chi connectivity index (χ4n) is 0.684. The van der Waals surface area contributed by atoms with Crippen LogP contribution in [0.2, 0.25) is 0 Å². The van der Waals surface area contributed by atoms with Gasteiger partial charge in [-0.3, -0.25) is 0 Å². The summed E-state index contributed by atoms with van der Waals surface area (Å²) in [5.74, 6) is 0.813. The first kappa shape index (κ1) is 9.92. The SMILES string of the molecule is CCONCCC(C)CC. The number of rotatable bonds is 6. The van der Waals surface area contributed by atoms with Gasteiger partial charge < -0.3 is 4.84 Å². The molecule has 0 aliphatic heterocycles. The van der Waals surface area contributed by atoms with E-state index in [9.17, 15) is 0 Å². The molecule has 1 atom stereocenters. The lowest BCUT2D eigenvalue weighted by molar-refractivity contribution is 0.0480. The summed E-state index contributed by atoms with van der Waals surface area (Å²) in [6, 6.07) is 0. The Labute approximate surface area is 63.9 Å². The normalized spacial score (nSPS) is 13.5. The summed E-state index contributed by atoms with van der Waals surface area (Å²) >= 11 is 0. The van der Waals surface area contributed by atoms with Crippen LogP contribution in [-0.2, 0) is 4.84 Å². The van der Waals surface area contributed by atoms with Gasteiger partial charge in [-0.1, -0.05) is 20.3 Å². The molecule has 0 spiro atoms. The molecule has 0 aliphatic rings. The highest BCUT2D eigenvalue weighted by molar-refractivity contribution is 4.49. The van der Waals surface area contributed by atoms with Gasteiger partial charge >= 0.3 is 0 Å². The van der Waals surface area contributed by atoms with Crippen LogP contribution < -0.4 is 5.48 Å². The maximum Gasteiger partial charge on any atom is 0.0653 e. The fraction of sp³-hybridized carbons (Fsp3) is 1.00. The largest absolute Gasteiger partial charge is 0.302 e. The van der Waals surface area contributed by atoms with E-state index in [0.717, 1.165) is 19.1 Å². The van der Waals surface area contributed by atoms with Crippen molar-refractivity contribution in [3.63, 3.8) is 0 Å². The second-order valence-electron chi connectivity index (χ2n) is 2.63. The Hall–Kier alpha value is -0.0800. The summed E-state index contributed by atoms with van der Waals surface area (Å²) < 4.78 is 0. The van der Waals surface area contributed by atoms with Crippen LogP contribution in [0.5, 0.6) is 0 Å². The molecule has 2 nitrogen and oxygen atoms in total. The van der Waals surface area contributed by atoms with Gasteiger partial charge in [-0.2, -0.15) is 0 Å². The average molecular weight is 145 g/mol. The molecule has 1 unspecified atom stereocenters. The predicted octanol–water partition coefficient (Wildman–Crippen LogP) is 1.96. The van der Waals surface area contributed by atoms with E-state index in [2.05, 4.69) is 19.3 Å². The maximum absolute atomic E-state index is 4.98. The van der Waals surface area contributed by atoms with Crippen LogP contribution in [-0.4, -0.2) is 13.2 Å². The van der Waals surface area contributed by atoms with Gasteiger partial charge in [0.1, 0.15) is 0 Å². The van der Waals surface area contributed by atoms with Gasteiger partial charge in [0, 0.05) is 6.54 Å². The molecule has 1 N–H and O–H groups in total. The molecule has 0 aliphatic carbocycles. The quantitative estimate of drug-likeness (QED) is 0.455. The standard InChI is InChI=1S/C8H19NO/c1-4-8(3)6-7-9-10-5-2/h8-9H,4-7H2,1-3H3. The minimum atomic E-state index is 0.751. The molecule has 0 aromatic rings. The Balaban J connectivity index is 2.89. The highest BCUT2D eigenvalue weighted by Gasteiger charge is 1.96. The van der Waals surface area contributed by atoms with E-state index < -0.39 is 0 Å². The van der Waals surface area contributed by atoms with Crippen LogP contribution in [0.15, 0.2) is 0 Å².